The lowest BCUT2D eigenvalue weighted by Crippen LogP contribution is -2.41. The molecular weight excluding hydrogens is 274 g/mol. The summed E-state index contributed by atoms with van der Waals surface area (Å²) in [5.74, 6) is 0.896. The molecule has 0 bridgehead atoms. The Balaban J connectivity index is 2.26. The zero-order valence-corrected chi connectivity index (χ0v) is 13.2. The van der Waals surface area contributed by atoms with Crippen molar-refractivity contribution in [2.45, 2.75) is 50.2 Å². The van der Waals surface area contributed by atoms with Crippen LogP contribution in [0.15, 0.2) is 9.95 Å². The van der Waals surface area contributed by atoms with Gasteiger partial charge in [-0.1, -0.05) is 18.7 Å². The van der Waals surface area contributed by atoms with E-state index in [1.807, 2.05) is 6.92 Å². The highest BCUT2D eigenvalue weighted by atomic mass is 32.2. The van der Waals surface area contributed by atoms with Gasteiger partial charge in [-0.3, -0.25) is 9.88 Å². The second-order valence-corrected chi connectivity index (χ2v) is 6.11. The molecule has 0 saturated carbocycles. The summed E-state index contributed by atoms with van der Waals surface area (Å²) in [6.07, 6.45) is 3.84. The van der Waals surface area contributed by atoms with E-state index in [1.54, 1.807) is 18.8 Å². The standard InChI is InChI=1S/C13H23N5OS/c1-4-8-15-13(2,10-14)7-5-6-9-20-12-17-16-11(19)18(12)3/h15H,4-9H2,1-3H3,(H,16,19). The van der Waals surface area contributed by atoms with Gasteiger partial charge in [-0.2, -0.15) is 5.26 Å². The minimum absolute atomic E-state index is 0.187. The minimum Gasteiger partial charge on any atom is -0.300 e. The van der Waals surface area contributed by atoms with Crippen molar-refractivity contribution in [3.63, 3.8) is 0 Å². The van der Waals surface area contributed by atoms with Crippen LogP contribution in [0.2, 0.25) is 0 Å². The first-order chi connectivity index (χ1) is 9.52. The molecular formula is C13H23N5OS. The first-order valence-electron chi connectivity index (χ1n) is 6.93. The number of H-pyrrole nitrogens is 1. The molecule has 1 atom stereocenters. The fraction of sp³-hybridized carbons (Fsp3) is 0.769. The summed E-state index contributed by atoms with van der Waals surface area (Å²) >= 11 is 1.56. The fourth-order valence-corrected chi connectivity index (χ4v) is 2.71. The van der Waals surface area contributed by atoms with E-state index in [2.05, 4.69) is 28.5 Å². The van der Waals surface area contributed by atoms with Crippen LogP contribution >= 0.6 is 11.8 Å². The molecule has 112 valence electrons. The Labute approximate surface area is 123 Å². The van der Waals surface area contributed by atoms with Crippen molar-refractivity contribution in [1.82, 2.24) is 20.1 Å². The van der Waals surface area contributed by atoms with Crippen molar-refractivity contribution in [3.05, 3.63) is 10.5 Å². The molecule has 1 unspecified atom stereocenters. The summed E-state index contributed by atoms with van der Waals surface area (Å²) in [6.45, 7) is 4.91. The van der Waals surface area contributed by atoms with Gasteiger partial charge in [0.2, 0.25) is 0 Å². The SMILES string of the molecule is CCCNC(C)(C#N)CCCCSc1n[nH]c(=O)n1C. The third-order valence-electron chi connectivity index (χ3n) is 3.15. The van der Waals surface area contributed by atoms with Gasteiger partial charge >= 0.3 is 5.69 Å². The second kappa shape index (κ2) is 8.12. The largest absolute Gasteiger partial charge is 0.343 e. The highest BCUT2D eigenvalue weighted by Crippen LogP contribution is 2.18. The van der Waals surface area contributed by atoms with Crippen LogP contribution in [0.1, 0.15) is 39.5 Å². The lowest BCUT2D eigenvalue weighted by Gasteiger charge is -2.22. The number of thioether (sulfide) groups is 1. The number of unbranched alkanes of at least 4 members (excludes halogenated alkanes) is 1. The quantitative estimate of drug-likeness (QED) is 0.534. The predicted molar refractivity (Wildman–Crippen MR) is 80.7 cm³/mol. The normalized spacial score (nSPS) is 13.9. The number of hydrogen-bond acceptors (Lipinski definition) is 5. The van der Waals surface area contributed by atoms with Crippen LogP contribution < -0.4 is 11.0 Å². The third-order valence-corrected chi connectivity index (χ3v) is 4.27. The van der Waals surface area contributed by atoms with Crippen LogP contribution in [0.3, 0.4) is 0 Å². The molecule has 1 rings (SSSR count). The maximum absolute atomic E-state index is 11.2. The molecule has 0 fully saturated rings. The topological polar surface area (TPSA) is 86.5 Å². The summed E-state index contributed by atoms with van der Waals surface area (Å²) in [7, 11) is 1.70. The Morgan fingerprint density at radius 1 is 1.55 bits per heavy atom. The Morgan fingerprint density at radius 2 is 2.30 bits per heavy atom. The van der Waals surface area contributed by atoms with E-state index in [0.29, 0.717) is 5.16 Å². The number of nitrogens with one attached hydrogen (secondary N) is 2. The first-order valence-corrected chi connectivity index (χ1v) is 7.91. The molecule has 7 heteroatoms. The van der Waals surface area contributed by atoms with Crippen LogP contribution in [-0.2, 0) is 7.05 Å². The Hall–Kier alpha value is -1.26. The van der Waals surface area contributed by atoms with Gasteiger partial charge in [-0.25, -0.2) is 9.89 Å². The second-order valence-electron chi connectivity index (χ2n) is 5.05. The summed E-state index contributed by atoms with van der Waals surface area (Å²) in [6, 6.07) is 2.35. The van der Waals surface area contributed by atoms with Crippen molar-refractivity contribution < 1.29 is 0 Å². The van der Waals surface area contributed by atoms with E-state index in [1.165, 1.54) is 4.57 Å². The molecule has 0 aliphatic carbocycles. The van der Waals surface area contributed by atoms with E-state index in [4.69, 9.17) is 0 Å². The zero-order valence-electron chi connectivity index (χ0n) is 12.4. The molecule has 6 nitrogen and oxygen atoms in total. The third kappa shape index (κ3) is 5.02. The van der Waals surface area contributed by atoms with E-state index >= 15 is 0 Å². The van der Waals surface area contributed by atoms with Crippen molar-refractivity contribution in [1.29, 1.82) is 5.26 Å². The van der Waals surface area contributed by atoms with Crippen molar-refractivity contribution >= 4 is 11.8 Å². The molecule has 1 heterocycles. The van der Waals surface area contributed by atoms with Gasteiger partial charge in [0, 0.05) is 12.8 Å². The van der Waals surface area contributed by atoms with Crippen LogP contribution in [0, 0.1) is 11.3 Å². The Bertz CT molecular complexity index is 504. The summed E-state index contributed by atoms with van der Waals surface area (Å²) in [5, 5.41) is 19.6. The van der Waals surface area contributed by atoms with Gasteiger partial charge in [0.1, 0.15) is 5.54 Å². The zero-order chi connectivity index (χ0) is 15.0. The Kier molecular flexibility index (Phi) is 6.82. The van der Waals surface area contributed by atoms with Crippen molar-refractivity contribution in [2.24, 2.45) is 7.05 Å². The summed E-state index contributed by atoms with van der Waals surface area (Å²) < 4.78 is 1.51. The number of rotatable bonds is 9. The summed E-state index contributed by atoms with van der Waals surface area (Å²) in [5.41, 5.74) is -0.617. The molecule has 0 spiro atoms. The van der Waals surface area contributed by atoms with Gasteiger partial charge in [0.05, 0.1) is 6.07 Å². The van der Waals surface area contributed by atoms with Crippen LogP contribution in [-0.4, -0.2) is 32.6 Å². The lowest BCUT2D eigenvalue weighted by molar-refractivity contribution is 0.406. The number of nitriles is 1. The average molecular weight is 297 g/mol. The van der Waals surface area contributed by atoms with Gasteiger partial charge in [0.15, 0.2) is 5.16 Å². The number of nitrogens with zero attached hydrogens (tertiary/aromatic N) is 3. The minimum atomic E-state index is -0.431. The van der Waals surface area contributed by atoms with Crippen LogP contribution in [0.25, 0.3) is 0 Å². The molecule has 20 heavy (non-hydrogen) atoms. The monoisotopic (exact) mass is 297 g/mol. The van der Waals surface area contributed by atoms with Gasteiger partial charge < -0.3 is 0 Å². The highest BCUT2D eigenvalue weighted by Gasteiger charge is 2.21. The lowest BCUT2D eigenvalue weighted by atomic mass is 9.96. The number of aromatic nitrogens is 3. The van der Waals surface area contributed by atoms with Gasteiger partial charge in [0.25, 0.3) is 0 Å². The van der Waals surface area contributed by atoms with Crippen molar-refractivity contribution in [2.75, 3.05) is 12.3 Å². The molecule has 0 saturated heterocycles. The first kappa shape index (κ1) is 16.8. The van der Waals surface area contributed by atoms with Crippen molar-refractivity contribution in [3.8, 4) is 6.07 Å². The van der Waals surface area contributed by atoms with Crippen LogP contribution in [0.4, 0.5) is 0 Å². The molecule has 1 aromatic rings. The number of hydrogen-bond donors (Lipinski definition) is 2. The molecule has 0 aliphatic rings. The van der Waals surface area contributed by atoms with E-state index in [-0.39, 0.29) is 5.69 Å². The van der Waals surface area contributed by atoms with Gasteiger partial charge in [-0.05, 0) is 39.2 Å². The predicted octanol–water partition coefficient (Wildman–Crippen LogP) is 1.65. The number of aromatic amines is 1. The molecule has 1 aromatic heterocycles. The van der Waals surface area contributed by atoms with E-state index in [9.17, 15) is 10.1 Å². The molecule has 0 aromatic carbocycles. The van der Waals surface area contributed by atoms with Crippen LogP contribution in [0.5, 0.6) is 0 Å². The Morgan fingerprint density at radius 3 is 2.85 bits per heavy atom. The maximum atomic E-state index is 11.2. The maximum Gasteiger partial charge on any atom is 0.343 e. The highest BCUT2D eigenvalue weighted by molar-refractivity contribution is 7.99. The van der Waals surface area contributed by atoms with E-state index in [0.717, 1.165) is 38.0 Å². The summed E-state index contributed by atoms with van der Waals surface area (Å²) in [4.78, 5) is 11.2. The molecule has 0 radical (unpaired) electrons. The molecule has 0 aliphatic heterocycles. The molecule has 2 N–H and O–H groups in total. The molecule has 0 amide bonds. The van der Waals surface area contributed by atoms with E-state index < -0.39 is 5.54 Å². The average Bonchev–Trinajstić information content (AvgIpc) is 2.76. The fourth-order valence-electron chi connectivity index (χ4n) is 1.79. The smallest absolute Gasteiger partial charge is 0.300 e. The van der Waals surface area contributed by atoms with Gasteiger partial charge in [-0.15, -0.1) is 5.10 Å².